The van der Waals surface area contributed by atoms with Crippen molar-refractivity contribution in [1.82, 2.24) is 0 Å². The highest BCUT2D eigenvalue weighted by Gasteiger charge is 2.41. The molecule has 2 aliphatic rings. The fraction of sp³-hybridized carbons (Fsp3) is 0.833. The summed E-state index contributed by atoms with van der Waals surface area (Å²) < 4.78 is 20.8. The summed E-state index contributed by atoms with van der Waals surface area (Å²) >= 11 is 3.43. The smallest absolute Gasteiger partial charge is 0.312 e. The van der Waals surface area contributed by atoms with E-state index in [9.17, 15) is 14.4 Å². The van der Waals surface area contributed by atoms with Crippen LogP contribution in [0.1, 0.15) is 32.6 Å². The van der Waals surface area contributed by atoms with Gasteiger partial charge in [-0.05, 0) is 25.7 Å². The van der Waals surface area contributed by atoms with Gasteiger partial charge in [0, 0.05) is 43.5 Å². The first-order valence-electron chi connectivity index (χ1n) is 8.87. The summed E-state index contributed by atoms with van der Waals surface area (Å²) in [7, 11) is 2.84. The van der Waals surface area contributed by atoms with Crippen molar-refractivity contribution in [2.75, 3.05) is 50.8 Å². The van der Waals surface area contributed by atoms with Gasteiger partial charge >= 0.3 is 11.9 Å². The predicted octanol–water partition coefficient (Wildman–Crippen LogP) is 2.63. The third kappa shape index (κ3) is 7.17. The van der Waals surface area contributed by atoms with Crippen molar-refractivity contribution in [3.8, 4) is 0 Å². The topological polar surface area (TPSA) is 88.1 Å². The van der Waals surface area contributed by atoms with Crippen LogP contribution < -0.4 is 0 Å². The van der Waals surface area contributed by atoms with E-state index in [1.54, 1.807) is 0 Å². The molecule has 9 heteroatoms. The average molecular weight is 516 g/mol. The molecule has 0 aromatic carbocycles. The predicted molar refractivity (Wildman–Crippen MR) is 111 cm³/mol. The number of carbonyl (C=O) groups excluding carboxylic acids is 3. The van der Waals surface area contributed by atoms with Crippen molar-refractivity contribution in [1.29, 1.82) is 0 Å². The van der Waals surface area contributed by atoms with E-state index in [1.165, 1.54) is 32.9 Å². The second-order valence-corrected chi connectivity index (χ2v) is 8.60. The van der Waals surface area contributed by atoms with Gasteiger partial charge in [-0.1, -0.05) is 34.4 Å². The number of halogens is 1. The maximum Gasteiger partial charge on any atom is 0.312 e. The first-order chi connectivity index (χ1) is 12.9. The monoisotopic (exact) mass is 516 g/mol. The largest absolute Gasteiger partial charge is 0.469 e. The van der Waals surface area contributed by atoms with E-state index in [1.807, 2.05) is 0 Å². The number of alkyl halides is 1. The third-order valence-corrected chi connectivity index (χ3v) is 7.51. The highest BCUT2D eigenvalue weighted by Crippen LogP contribution is 2.36. The molecule has 0 unspecified atom stereocenters. The Morgan fingerprint density at radius 2 is 1.30 bits per heavy atom. The standard InChI is InChI=1S/C10H16O4S.C8H13IO3/c1-8(11)15-7-10(9(12)13-2)3-5-14-6-4-10;1-11-7(10)8(6-9)2-4-12-5-3-8/h3-7H2,1-2H3;2-6H2,1H3. The van der Waals surface area contributed by atoms with E-state index in [4.69, 9.17) is 18.9 Å². The number of carbonyl (C=O) groups is 3. The van der Waals surface area contributed by atoms with Gasteiger partial charge in [0.2, 0.25) is 0 Å². The zero-order chi connectivity index (χ0) is 20.3. The molecule has 156 valence electrons. The number of hydrogen-bond donors (Lipinski definition) is 0. The lowest BCUT2D eigenvalue weighted by Gasteiger charge is -2.33. The Bertz CT molecular complexity index is 500. The number of rotatable bonds is 5. The molecule has 0 aliphatic carbocycles. The average Bonchev–Trinajstić information content (AvgIpc) is 2.72. The van der Waals surface area contributed by atoms with E-state index < -0.39 is 5.41 Å². The second-order valence-electron chi connectivity index (χ2n) is 6.68. The molecule has 2 aliphatic heterocycles. The summed E-state index contributed by atoms with van der Waals surface area (Å²) in [5.74, 6) is 0.193. The fourth-order valence-electron chi connectivity index (χ4n) is 3.00. The molecular formula is C18H29IO7S. The highest BCUT2D eigenvalue weighted by atomic mass is 127. The molecule has 0 aromatic heterocycles. The summed E-state index contributed by atoms with van der Waals surface area (Å²) in [6.07, 6.45) is 2.87. The van der Waals surface area contributed by atoms with E-state index >= 15 is 0 Å². The van der Waals surface area contributed by atoms with Crippen LogP contribution in [0.25, 0.3) is 0 Å². The van der Waals surface area contributed by atoms with Crippen molar-refractivity contribution in [2.24, 2.45) is 10.8 Å². The van der Waals surface area contributed by atoms with Gasteiger partial charge in [0.1, 0.15) is 0 Å². The van der Waals surface area contributed by atoms with Crippen LogP contribution in [0.15, 0.2) is 0 Å². The first-order valence-corrected chi connectivity index (χ1v) is 11.4. The molecule has 0 spiro atoms. The second kappa shape index (κ2) is 12.2. The van der Waals surface area contributed by atoms with Crippen molar-refractivity contribution in [3.05, 3.63) is 0 Å². The van der Waals surface area contributed by atoms with E-state index in [2.05, 4.69) is 22.6 Å². The zero-order valence-corrected chi connectivity index (χ0v) is 19.2. The number of ether oxygens (including phenoxy) is 4. The summed E-state index contributed by atoms with van der Waals surface area (Å²) in [5.41, 5.74) is -0.795. The van der Waals surface area contributed by atoms with E-state index in [-0.39, 0.29) is 22.5 Å². The lowest BCUT2D eigenvalue weighted by molar-refractivity contribution is -0.157. The van der Waals surface area contributed by atoms with Crippen molar-refractivity contribution in [2.45, 2.75) is 32.6 Å². The maximum absolute atomic E-state index is 11.7. The van der Waals surface area contributed by atoms with Gasteiger partial charge < -0.3 is 18.9 Å². The van der Waals surface area contributed by atoms with Gasteiger partial charge in [0.05, 0.1) is 25.0 Å². The van der Waals surface area contributed by atoms with Crippen molar-refractivity contribution < 1.29 is 33.3 Å². The van der Waals surface area contributed by atoms with Crippen molar-refractivity contribution in [3.63, 3.8) is 0 Å². The number of methoxy groups -OCH3 is 2. The van der Waals surface area contributed by atoms with Crippen LogP contribution in [0.2, 0.25) is 0 Å². The van der Waals surface area contributed by atoms with Crippen LogP contribution in [-0.2, 0) is 33.3 Å². The van der Waals surface area contributed by atoms with Gasteiger partial charge in [-0.25, -0.2) is 0 Å². The van der Waals surface area contributed by atoms with Gasteiger partial charge in [-0.2, -0.15) is 0 Å². The lowest BCUT2D eigenvalue weighted by atomic mass is 9.82. The summed E-state index contributed by atoms with van der Waals surface area (Å²) in [4.78, 5) is 34.1. The van der Waals surface area contributed by atoms with Crippen LogP contribution >= 0.6 is 34.4 Å². The Labute approximate surface area is 178 Å². The van der Waals surface area contributed by atoms with E-state index in [0.29, 0.717) is 45.0 Å². The fourth-order valence-corrected chi connectivity index (χ4v) is 4.96. The zero-order valence-electron chi connectivity index (χ0n) is 16.2. The molecule has 7 nitrogen and oxygen atoms in total. The Morgan fingerprint density at radius 1 is 0.889 bits per heavy atom. The molecule has 0 radical (unpaired) electrons. The van der Waals surface area contributed by atoms with Gasteiger partial charge in [0.15, 0.2) is 5.12 Å². The van der Waals surface area contributed by atoms with Crippen LogP contribution in [0.3, 0.4) is 0 Å². The molecule has 0 aromatic rings. The van der Waals surface area contributed by atoms with Gasteiger partial charge in [0.25, 0.3) is 0 Å². The quantitative estimate of drug-likeness (QED) is 0.313. The van der Waals surface area contributed by atoms with Crippen LogP contribution in [-0.4, -0.2) is 67.9 Å². The Morgan fingerprint density at radius 3 is 1.67 bits per heavy atom. The highest BCUT2D eigenvalue weighted by molar-refractivity contribution is 14.1. The molecular weight excluding hydrogens is 487 g/mol. The number of hydrogen-bond acceptors (Lipinski definition) is 8. The van der Waals surface area contributed by atoms with E-state index in [0.717, 1.165) is 17.3 Å². The maximum atomic E-state index is 11.7. The molecule has 0 amide bonds. The molecule has 2 fully saturated rings. The minimum absolute atomic E-state index is 0.0322. The lowest BCUT2D eigenvalue weighted by Crippen LogP contribution is -2.40. The Hall–Kier alpha value is -0.390. The molecule has 0 bridgehead atoms. The van der Waals surface area contributed by atoms with Crippen LogP contribution in [0.4, 0.5) is 0 Å². The summed E-state index contributed by atoms with van der Waals surface area (Å²) in [6, 6.07) is 0. The van der Waals surface area contributed by atoms with Crippen LogP contribution in [0, 0.1) is 10.8 Å². The molecule has 2 heterocycles. The number of thioether (sulfide) groups is 1. The van der Waals surface area contributed by atoms with Gasteiger partial charge in [-0.15, -0.1) is 0 Å². The summed E-state index contributed by atoms with van der Waals surface area (Å²) in [6.45, 7) is 3.99. The Balaban J connectivity index is 0.000000277. The summed E-state index contributed by atoms with van der Waals surface area (Å²) in [5, 5.41) is 0.0322. The normalized spacial score (nSPS) is 20.6. The molecule has 27 heavy (non-hydrogen) atoms. The SMILES string of the molecule is COC(=O)C1(CI)CCOCC1.COC(=O)C1(CSC(C)=O)CCOCC1. The molecule has 2 rings (SSSR count). The molecule has 0 saturated carbocycles. The van der Waals surface area contributed by atoms with Crippen LogP contribution in [0.5, 0.6) is 0 Å². The van der Waals surface area contributed by atoms with Gasteiger partial charge in [-0.3, -0.25) is 14.4 Å². The minimum Gasteiger partial charge on any atom is -0.469 e. The molecule has 0 N–H and O–H groups in total. The third-order valence-electron chi connectivity index (χ3n) is 4.94. The molecule has 0 atom stereocenters. The minimum atomic E-state index is -0.524. The molecule has 2 saturated heterocycles. The Kier molecular flexibility index (Phi) is 11.2. The number of esters is 2. The van der Waals surface area contributed by atoms with Crippen molar-refractivity contribution >= 4 is 51.4 Å². The first kappa shape index (κ1) is 24.6.